The lowest BCUT2D eigenvalue weighted by molar-refractivity contribution is -0.134. The maximum atomic E-state index is 13.1. The molecule has 0 unspecified atom stereocenters. The van der Waals surface area contributed by atoms with Gasteiger partial charge in [-0.3, -0.25) is 19.7 Å². The Hall–Kier alpha value is -3.02. The van der Waals surface area contributed by atoms with E-state index in [2.05, 4.69) is 31.3 Å². The molecule has 6 heteroatoms. The van der Waals surface area contributed by atoms with Gasteiger partial charge in [0.2, 0.25) is 0 Å². The summed E-state index contributed by atoms with van der Waals surface area (Å²) in [6.07, 6.45) is 9.54. The van der Waals surface area contributed by atoms with Crippen LogP contribution in [0.25, 0.3) is 0 Å². The monoisotopic (exact) mass is 475 g/mol. The molecule has 0 spiro atoms. The lowest BCUT2D eigenvalue weighted by Gasteiger charge is -2.58. The zero-order chi connectivity index (χ0) is 25.0. The first-order valence-corrected chi connectivity index (χ1v) is 12.6. The van der Waals surface area contributed by atoms with E-state index in [1.807, 2.05) is 0 Å². The second-order valence-electron chi connectivity index (χ2n) is 11.3. The average Bonchev–Trinajstić information content (AvgIpc) is 3.16. The number of amides is 1. The normalized spacial score (nSPS) is 37.4. The number of carbonyl (C=O) groups excluding carboxylic acids is 4. The van der Waals surface area contributed by atoms with Crippen molar-refractivity contribution in [2.45, 2.75) is 59.0 Å². The molecule has 0 aliphatic heterocycles. The number of allylic oxidation sites excluding steroid dienone is 4. The number of Topliss-reactive ketones (excluding diaryl/α,β-unsaturated/α-hetero) is 1. The smallest absolute Gasteiger partial charge is 0.411 e. The largest absolute Gasteiger partial charge is 0.446 e. The van der Waals surface area contributed by atoms with Gasteiger partial charge in [0.25, 0.3) is 0 Å². The van der Waals surface area contributed by atoms with Gasteiger partial charge in [-0.05, 0) is 79.1 Å². The fourth-order valence-corrected chi connectivity index (χ4v) is 7.84. The van der Waals surface area contributed by atoms with E-state index in [4.69, 9.17) is 4.74 Å². The third-order valence-corrected chi connectivity index (χ3v) is 9.45. The SMILES string of the molecule is CC(=O)[C@H]1CC[C@H]2[C@@H]3C=CC4=CC(=O)CC[C@@]4(C)[C@@H]3[C@@H](OC(=O)Nc3cccc(C=O)c3)C[C@]12C. The molecule has 0 aromatic heterocycles. The minimum absolute atomic E-state index is 0.0303. The Bertz CT molecular complexity index is 1150. The van der Waals surface area contributed by atoms with Crippen LogP contribution >= 0.6 is 0 Å². The van der Waals surface area contributed by atoms with Gasteiger partial charge < -0.3 is 4.74 Å². The fraction of sp³-hybridized carbons (Fsp3) is 0.517. The van der Waals surface area contributed by atoms with Gasteiger partial charge in [-0.1, -0.05) is 38.1 Å². The molecule has 0 heterocycles. The van der Waals surface area contributed by atoms with Gasteiger partial charge in [0, 0.05) is 29.5 Å². The van der Waals surface area contributed by atoms with Gasteiger partial charge >= 0.3 is 6.09 Å². The summed E-state index contributed by atoms with van der Waals surface area (Å²) in [7, 11) is 0. The van der Waals surface area contributed by atoms with Crippen LogP contribution < -0.4 is 5.32 Å². The summed E-state index contributed by atoms with van der Waals surface area (Å²) in [4.78, 5) is 49.1. The molecule has 4 aliphatic carbocycles. The molecule has 6 nitrogen and oxygen atoms in total. The minimum Gasteiger partial charge on any atom is -0.446 e. The van der Waals surface area contributed by atoms with E-state index in [1.54, 1.807) is 37.3 Å². The predicted molar refractivity (Wildman–Crippen MR) is 132 cm³/mol. The van der Waals surface area contributed by atoms with Crippen LogP contribution in [0.1, 0.15) is 63.2 Å². The quantitative estimate of drug-likeness (QED) is 0.578. The van der Waals surface area contributed by atoms with E-state index in [0.717, 1.165) is 31.1 Å². The molecule has 5 rings (SSSR count). The van der Waals surface area contributed by atoms with Crippen molar-refractivity contribution in [2.75, 3.05) is 5.32 Å². The Labute approximate surface area is 206 Å². The molecule has 1 N–H and O–H groups in total. The lowest BCUT2D eigenvalue weighted by atomic mass is 9.47. The van der Waals surface area contributed by atoms with E-state index in [1.165, 1.54) is 0 Å². The number of nitrogens with one attached hydrogen (secondary N) is 1. The molecule has 1 aromatic rings. The van der Waals surface area contributed by atoms with Crippen molar-refractivity contribution in [3.05, 3.63) is 53.6 Å². The third kappa shape index (κ3) is 3.87. The highest BCUT2D eigenvalue weighted by atomic mass is 16.6. The Balaban J connectivity index is 1.50. The average molecular weight is 476 g/mol. The highest BCUT2D eigenvalue weighted by Gasteiger charge is 2.63. The maximum Gasteiger partial charge on any atom is 0.411 e. The van der Waals surface area contributed by atoms with Crippen molar-refractivity contribution in [1.82, 2.24) is 0 Å². The molecule has 0 saturated heterocycles. The first-order valence-electron chi connectivity index (χ1n) is 12.6. The molecule has 1 aromatic carbocycles. The van der Waals surface area contributed by atoms with E-state index >= 15 is 0 Å². The van der Waals surface area contributed by atoms with Crippen LogP contribution in [0.3, 0.4) is 0 Å². The Morgan fingerprint density at radius 2 is 2.00 bits per heavy atom. The minimum atomic E-state index is -0.563. The standard InChI is InChI=1S/C29H33NO5/c1-17(32)23-9-10-24-22-8-7-19-14-21(33)11-12-28(19,2)26(22)25(15-29(23,24)3)35-27(34)30-20-6-4-5-18(13-20)16-31/h4-8,13-14,16,22-26H,9-12,15H2,1-3H3,(H,30,34)/t22-,23+,24-,25-,26-,28+,29+/m0/s1. The van der Waals surface area contributed by atoms with Crippen LogP contribution in [0.4, 0.5) is 10.5 Å². The summed E-state index contributed by atoms with van der Waals surface area (Å²) in [6.45, 7) is 6.08. The van der Waals surface area contributed by atoms with Gasteiger partial charge in [-0.15, -0.1) is 0 Å². The van der Waals surface area contributed by atoms with Crippen LogP contribution in [-0.4, -0.2) is 30.0 Å². The van der Waals surface area contributed by atoms with Crippen molar-refractivity contribution in [2.24, 2.45) is 34.5 Å². The number of rotatable bonds is 4. The van der Waals surface area contributed by atoms with Gasteiger partial charge in [0.05, 0.1) is 0 Å². The van der Waals surface area contributed by atoms with Crippen molar-refractivity contribution in [1.29, 1.82) is 0 Å². The topological polar surface area (TPSA) is 89.5 Å². The van der Waals surface area contributed by atoms with Gasteiger partial charge in [-0.2, -0.15) is 0 Å². The Morgan fingerprint density at radius 3 is 2.74 bits per heavy atom. The number of hydrogen-bond donors (Lipinski definition) is 1. The van der Waals surface area contributed by atoms with E-state index in [9.17, 15) is 19.2 Å². The van der Waals surface area contributed by atoms with Gasteiger partial charge in [0.1, 0.15) is 18.2 Å². The number of carbonyl (C=O) groups is 4. The van der Waals surface area contributed by atoms with E-state index < -0.39 is 12.2 Å². The molecule has 7 atom stereocenters. The molecule has 0 radical (unpaired) electrons. The first kappa shape index (κ1) is 23.7. The highest BCUT2D eigenvalue weighted by molar-refractivity contribution is 5.92. The number of benzene rings is 1. The second-order valence-corrected chi connectivity index (χ2v) is 11.3. The number of hydrogen-bond acceptors (Lipinski definition) is 5. The number of fused-ring (bicyclic) bond motifs is 5. The lowest BCUT2D eigenvalue weighted by Crippen LogP contribution is -2.57. The summed E-state index contributed by atoms with van der Waals surface area (Å²) in [6, 6.07) is 6.71. The van der Waals surface area contributed by atoms with E-state index in [-0.39, 0.29) is 40.2 Å². The van der Waals surface area contributed by atoms with Crippen molar-refractivity contribution < 1.29 is 23.9 Å². The molecule has 0 bridgehead atoms. The van der Waals surface area contributed by atoms with Gasteiger partial charge in [-0.25, -0.2) is 4.79 Å². The highest BCUT2D eigenvalue weighted by Crippen LogP contribution is 2.65. The maximum absolute atomic E-state index is 13.1. The molecular weight excluding hydrogens is 442 g/mol. The third-order valence-electron chi connectivity index (χ3n) is 9.45. The Morgan fingerprint density at radius 1 is 1.20 bits per heavy atom. The van der Waals surface area contributed by atoms with Gasteiger partial charge in [0.15, 0.2) is 5.78 Å². The number of ether oxygens (including phenoxy) is 1. The van der Waals surface area contributed by atoms with Crippen molar-refractivity contribution in [3.63, 3.8) is 0 Å². The van der Waals surface area contributed by atoms with Crippen molar-refractivity contribution in [3.8, 4) is 0 Å². The van der Waals surface area contributed by atoms with Crippen LogP contribution in [-0.2, 0) is 14.3 Å². The van der Waals surface area contributed by atoms with E-state index in [0.29, 0.717) is 30.0 Å². The van der Waals surface area contributed by atoms with Crippen LogP contribution in [0.15, 0.2) is 48.1 Å². The summed E-state index contributed by atoms with van der Waals surface area (Å²) in [5, 5.41) is 2.78. The first-order chi connectivity index (χ1) is 16.7. The summed E-state index contributed by atoms with van der Waals surface area (Å²) < 4.78 is 6.19. The molecule has 184 valence electrons. The number of ketones is 2. The molecule has 2 saturated carbocycles. The summed E-state index contributed by atoms with van der Waals surface area (Å²) >= 11 is 0. The molecule has 4 aliphatic rings. The van der Waals surface area contributed by atoms with Crippen LogP contribution in [0.5, 0.6) is 0 Å². The zero-order valence-electron chi connectivity index (χ0n) is 20.6. The molecule has 1 amide bonds. The summed E-state index contributed by atoms with van der Waals surface area (Å²) in [5.41, 5.74) is 1.47. The van der Waals surface area contributed by atoms with Crippen LogP contribution in [0, 0.1) is 34.5 Å². The van der Waals surface area contributed by atoms with Crippen LogP contribution in [0.2, 0.25) is 0 Å². The van der Waals surface area contributed by atoms with Crippen molar-refractivity contribution >= 4 is 29.6 Å². The predicted octanol–water partition coefficient (Wildman–Crippen LogP) is 5.54. The number of anilines is 1. The molecular formula is C29H33NO5. The molecule has 35 heavy (non-hydrogen) atoms. The zero-order valence-corrected chi connectivity index (χ0v) is 20.6. The summed E-state index contributed by atoms with van der Waals surface area (Å²) in [5.74, 6) is 0.840. The number of aldehydes is 1. The fourth-order valence-electron chi connectivity index (χ4n) is 7.84. The second kappa shape index (κ2) is 8.58. The Kier molecular flexibility index (Phi) is 5.81. The molecule has 2 fully saturated rings.